The molecule has 0 atom stereocenters. The molecule has 0 aliphatic rings. The molecule has 14 heavy (non-hydrogen) atoms. The summed E-state index contributed by atoms with van der Waals surface area (Å²) in [6.45, 7) is 4.92. The van der Waals surface area contributed by atoms with Gasteiger partial charge in [-0.25, -0.2) is 9.18 Å². The number of ether oxygens (including phenoxy) is 1. The Morgan fingerprint density at radius 1 is 1.43 bits per heavy atom. The highest BCUT2D eigenvalue weighted by Gasteiger charge is 2.22. The van der Waals surface area contributed by atoms with Crippen LogP contribution in [0.15, 0.2) is 6.07 Å². The smallest absolute Gasteiger partial charge is 0.358 e. The fourth-order valence-corrected chi connectivity index (χ4v) is 0.876. The van der Waals surface area contributed by atoms with Gasteiger partial charge in [0.15, 0.2) is 17.5 Å². The molecule has 1 aromatic heterocycles. The number of hydrogen-bond donors (Lipinski definition) is 1. The first kappa shape index (κ1) is 10.7. The maximum Gasteiger partial charge on any atom is 0.358 e. The maximum absolute atomic E-state index is 12.9. The van der Waals surface area contributed by atoms with Crippen LogP contribution in [0.3, 0.4) is 0 Å². The molecule has 0 aliphatic heterocycles. The molecule has 0 radical (unpaired) electrons. The molecular formula is C9H11F2NO2. The van der Waals surface area contributed by atoms with Crippen molar-refractivity contribution < 1.29 is 18.3 Å². The van der Waals surface area contributed by atoms with E-state index in [2.05, 4.69) is 0 Å². The quantitative estimate of drug-likeness (QED) is 0.711. The second-order valence-electron chi connectivity index (χ2n) is 3.84. The van der Waals surface area contributed by atoms with Crippen LogP contribution < -0.4 is 0 Å². The monoisotopic (exact) mass is 203 g/mol. The third-order valence-electron chi connectivity index (χ3n) is 1.34. The molecule has 0 amide bonds. The van der Waals surface area contributed by atoms with Crippen LogP contribution in [0.2, 0.25) is 0 Å². The number of carbonyl (C=O) groups excluding carboxylic acids is 1. The molecule has 1 rings (SSSR count). The molecule has 1 aromatic rings. The molecular weight excluding hydrogens is 192 g/mol. The van der Waals surface area contributed by atoms with E-state index in [1.165, 1.54) is 0 Å². The van der Waals surface area contributed by atoms with Gasteiger partial charge < -0.3 is 9.72 Å². The van der Waals surface area contributed by atoms with E-state index in [1.54, 1.807) is 20.8 Å². The van der Waals surface area contributed by atoms with Gasteiger partial charge in [-0.1, -0.05) is 0 Å². The lowest BCUT2D eigenvalue weighted by atomic mass is 10.2. The SMILES string of the molecule is CC(C)(C)OC(=O)c1[nH]c(F)cc1F. The molecule has 0 aliphatic carbocycles. The van der Waals surface area contributed by atoms with Crippen molar-refractivity contribution in [3.8, 4) is 0 Å². The van der Waals surface area contributed by atoms with E-state index in [9.17, 15) is 13.6 Å². The van der Waals surface area contributed by atoms with Crippen molar-refractivity contribution >= 4 is 5.97 Å². The summed E-state index contributed by atoms with van der Waals surface area (Å²) in [5.41, 5.74) is -1.22. The van der Waals surface area contributed by atoms with Gasteiger partial charge in [0.25, 0.3) is 0 Å². The van der Waals surface area contributed by atoms with Crippen molar-refractivity contribution in [3.63, 3.8) is 0 Å². The highest BCUT2D eigenvalue weighted by Crippen LogP contribution is 2.14. The number of aromatic amines is 1. The molecule has 5 heteroatoms. The highest BCUT2D eigenvalue weighted by atomic mass is 19.1. The third-order valence-corrected chi connectivity index (χ3v) is 1.34. The lowest BCUT2D eigenvalue weighted by molar-refractivity contribution is 0.00580. The largest absolute Gasteiger partial charge is 0.455 e. The normalized spacial score (nSPS) is 11.5. The minimum absolute atomic E-state index is 0.488. The summed E-state index contributed by atoms with van der Waals surface area (Å²) < 4.78 is 30.2. The fraction of sp³-hybridized carbons (Fsp3) is 0.444. The van der Waals surface area contributed by atoms with Gasteiger partial charge in [-0.05, 0) is 20.8 Å². The molecule has 0 spiro atoms. The first-order valence-corrected chi connectivity index (χ1v) is 4.07. The summed E-state index contributed by atoms with van der Waals surface area (Å²) >= 11 is 0. The Labute approximate surface area is 80.1 Å². The zero-order valence-corrected chi connectivity index (χ0v) is 8.15. The van der Waals surface area contributed by atoms with Crippen LogP contribution in [0, 0.1) is 11.8 Å². The number of nitrogens with one attached hydrogen (secondary N) is 1. The Morgan fingerprint density at radius 3 is 2.36 bits per heavy atom. The number of carbonyl (C=O) groups is 1. The Balaban J connectivity index is 2.85. The first-order chi connectivity index (χ1) is 6.29. The van der Waals surface area contributed by atoms with Crippen molar-refractivity contribution in [2.24, 2.45) is 0 Å². The van der Waals surface area contributed by atoms with Gasteiger partial charge in [0.2, 0.25) is 0 Å². The zero-order chi connectivity index (χ0) is 10.9. The van der Waals surface area contributed by atoms with Crippen LogP contribution >= 0.6 is 0 Å². The van der Waals surface area contributed by atoms with Crippen molar-refractivity contribution in [2.45, 2.75) is 26.4 Å². The van der Waals surface area contributed by atoms with Crippen LogP contribution in [0.5, 0.6) is 0 Å². The van der Waals surface area contributed by atoms with E-state index >= 15 is 0 Å². The topological polar surface area (TPSA) is 42.1 Å². The number of hydrogen-bond acceptors (Lipinski definition) is 2. The van der Waals surface area contributed by atoms with Crippen molar-refractivity contribution in [1.82, 2.24) is 4.98 Å². The molecule has 0 unspecified atom stereocenters. The lowest BCUT2D eigenvalue weighted by Gasteiger charge is -2.18. The summed E-state index contributed by atoms with van der Waals surface area (Å²) in [5, 5.41) is 0. The molecule has 0 fully saturated rings. The van der Waals surface area contributed by atoms with Crippen LogP contribution in [-0.4, -0.2) is 16.6 Å². The fourth-order valence-electron chi connectivity index (χ4n) is 0.876. The average molecular weight is 203 g/mol. The van der Waals surface area contributed by atoms with E-state index in [4.69, 9.17) is 4.74 Å². The summed E-state index contributed by atoms with van der Waals surface area (Å²) in [4.78, 5) is 13.2. The first-order valence-electron chi connectivity index (χ1n) is 4.07. The van der Waals surface area contributed by atoms with E-state index in [-0.39, 0.29) is 0 Å². The second kappa shape index (κ2) is 3.40. The third kappa shape index (κ3) is 2.55. The van der Waals surface area contributed by atoms with Crippen LogP contribution in [0.25, 0.3) is 0 Å². The Kier molecular flexibility index (Phi) is 2.59. The average Bonchev–Trinajstić information content (AvgIpc) is 2.26. The predicted octanol–water partition coefficient (Wildman–Crippen LogP) is 2.25. The van der Waals surface area contributed by atoms with E-state index in [1.807, 2.05) is 4.98 Å². The summed E-state index contributed by atoms with van der Waals surface area (Å²) in [5.74, 6) is -2.75. The van der Waals surface area contributed by atoms with Crippen LogP contribution in [0.1, 0.15) is 31.3 Å². The predicted molar refractivity (Wildman–Crippen MR) is 45.9 cm³/mol. The lowest BCUT2D eigenvalue weighted by Crippen LogP contribution is -2.24. The standard InChI is InChI=1S/C9H11F2NO2/c1-9(2,3)14-8(13)7-5(10)4-6(11)12-7/h4,12H,1-3H3. The molecule has 1 heterocycles. The highest BCUT2D eigenvalue weighted by molar-refractivity contribution is 5.87. The van der Waals surface area contributed by atoms with E-state index < -0.39 is 29.0 Å². The number of H-pyrrole nitrogens is 1. The summed E-state index contributed by atoms with van der Waals surface area (Å²) in [7, 11) is 0. The summed E-state index contributed by atoms with van der Waals surface area (Å²) in [6, 6.07) is 0.596. The summed E-state index contributed by atoms with van der Waals surface area (Å²) in [6.07, 6.45) is 0. The number of rotatable bonds is 1. The van der Waals surface area contributed by atoms with Gasteiger partial charge in [-0.2, -0.15) is 4.39 Å². The van der Waals surface area contributed by atoms with Gasteiger partial charge in [-0.3, -0.25) is 0 Å². The van der Waals surface area contributed by atoms with Gasteiger partial charge in [0.05, 0.1) is 0 Å². The minimum Gasteiger partial charge on any atom is -0.455 e. The second-order valence-corrected chi connectivity index (χ2v) is 3.84. The Hall–Kier alpha value is -1.39. The Morgan fingerprint density at radius 2 is 2.00 bits per heavy atom. The van der Waals surface area contributed by atoms with E-state index in [0.717, 1.165) is 0 Å². The Bertz CT molecular complexity index is 352. The number of halogens is 2. The van der Waals surface area contributed by atoms with Gasteiger partial charge >= 0.3 is 5.97 Å². The molecule has 0 aromatic carbocycles. The number of aromatic nitrogens is 1. The molecule has 0 saturated heterocycles. The van der Waals surface area contributed by atoms with Gasteiger partial charge in [0.1, 0.15) is 5.60 Å². The van der Waals surface area contributed by atoms with E-state index in [0.29, 0.717) is 6.07 Å². The molecule has 78 valence electrons. The number of esters is 1. The molecule has 3 nitrogen and oxygen atoms in total. The van der Waals surface area contributed by atoms with Gasteiger partial charge in [-0.15, -0.1) is 0 Å². The van der Waals surface area contributed by atoms with Crippen molar-refractivity contribution in [2.75, 3.05) is 0 Å². The maximum atomic E-state index is 12.9. The zero-order valence-electron chi connectivity index (χ0n) is 8.15. The molecule has 1 N–H and O–H groups in total. The van der Waals surface area contributed by atoms with Crippen LogP contribution in [-0.2, 0) is 4.74 Å². The minimum atomic E-state index is -0.947. The van der Waals surface area contributed by atoms with Crippen molar-refractivity contribution in [3.05, 3.63) is 23.5 Å². The molecule has 0 bridgehead atoms. The van der Waals surface area contributed by atoms with Crippen LogP contribution in [0.4, 0.5) is 8.78 Å². The van der Waals surface area contributed by atoms with Gasteiger partial charge in [0, 0.05) is 6.07 Å². The molecule has 0 saturated carbocycles. The van der Waals surface area contributed by atoms with Crippen molar-refractivity contribution in [1.29, 1.82) is 0 Å².